The Hall–Kier alpha value is -0.550. The third-order valence-corrected chi connectivity index (χ3v) is 3.36. The highest BCUT2D eigenvalue weighted by atomic mass is 79.9. The molecular formula is C13H17BrF3N. The van der Waals surface area contributed by atoms with Crippen LogP contribution in [0.3, 0.4) is 0 Å². The Balaban J connectivity index is 2.75. The first kappa shape index (κ1) is 15.5. The zero-order chi connectivity index (χ0) is 13.6. The molecule has 1 atom stereocenters. The summed E-state index contributed by atoms with van der Waals surface area (Å²) in [4.78, 5) is 0. The third-order valence-electron chi connectivity index (χ3n) is 2.64. The molecule has 1 aromatic carbocycles. The molecule has 1 N–H and O–H groups in total. The van der Waals surface area contributed by atoms with Gasteiger partial charge in [-0.1, -0.05) is 41.1 Å². The zero-order valence-electron chi connectivity index (χ0n) is 10.2. The maximum Gasteiger partial charge on any atom is 0.389 e. The van der Waals surface area contributed by atoms with Gasteiger partial charge in [-0.3, -0.25) is 0 Å². The second-order valence-corrected chi connectivity index (χ2v) is 5.04. The topological polar surface area (TPSA) is 12.0 Å². The number of benzene rings is 1. The van der Waals surface area contributed by atoms with E-state index in [4.69, 9.17) is 0 Å². The summed E-state index contributed by atoms with van der Waals surface area (Å²) in [5.74, 6) is 0. The van der Waals surface area contributed by atoms with E-state index in [1.165, 1.54) is 0 Å². The van der Waals surface area contributed by atoms with Gasteiger partial charge in [0.15, 0.2) is 0 Å². The molecule has 0 saturated heterocycles. The van der Waals surface area contributed by atoms with Crippen molar-refractivity contribution >= 4 is 15.9 Å². The Kier molecular flexibility index (Phi) is 6.15. The zero-order valence-corrected chi connectivity index (χ0v) is 11.8. The van der Waals surface area contributed by atoms with Gasteiger partial charge in [0.05, 0.1) is 0 Å². The third kappa shape index (κ3) is 5.40. The lowest BCUT2D eigenvalue weighted by Gasteiger charge is -2.21. The van der Waals surface area contributed by atoms with Crippen molar-refractivity contribution in [3.63, 3.8) is 0 Å². The Morgan fingerprint density at radius 1 is 1.28 bits per heavy atom. The van der Waals surface area contributed by atoms with Crippen LogP contribution in [0.15, 0.2) is 28.7 Å². The molecule has 1 nitrogen and oxygen atoms in total. The van der Waals surface area contributed by atoms with Crippen molar-refractivity contribution in [3.8, 4) is 0 Å². The fraction of sp³-hybridized carbons (Fsp3) is 0.538. The van der Waals surface area contributed by atoms with E-state index < -0.39 is 12.6 Å². The van der Waals surface area contributed by atoms with Gasteiger partial charge in [-0.2, -0.15) is 13.2 Å². The molecular weight excluding hydrogens is 307 g/mol. The lowest BCUT2D eigenvalue weighted by molar-refractivity contribution is -0.136. The maximum atomic E-state index is 12.3. The Labute approximate surface area is 114 Å². The van der Waals surface area contributed by atoms with Crippen LogP contribution in [0.2, 0.25) is 0 Å². The van der Waals surface area contributed by atoms with Gasteiger partial charge >= 0.3 is 6.18 Å². The van der Waals surface area contributed by atoms with Gasteiger partial charge in [-0.25, -0.2) is 0 Å². The maximum absolute atomic E-state index is 12.3. The number of alkyl halides is 3. The van der Waals surface area contributed by atoms with Crippen molar-refractivity contribution in [1.82, 2.24) is 5.32 Å². The van der Waals surface area contributed by atoms with Crippen LogP contribution in [0.4, 0.5) is 13.2 Å². The van der Waals surface area contributed by atoms with Crippen molar-refractivity contribution in [2.45, 2.75) is 38.4 Å². The predicted octanol–water partition coefficient (Wildman–Crippen LogP) is 4.83. The van der Waals surface area contributed by atoms with Crippen LogP contribution in [0.5, 0.6) is 0 Å². The van der Waals surface area contributed by atoms with Crippen LogP contribution >= 0.6 is 15.9 Å². The second-order valence-electron chi connectivity index (χ2n) is 4.18. The van der Waals surface area contributed by atoms with E-state index in [1.54, 1.807) is 0 Å². The normalized spacial score (nSPS) is 13.6. The molecule has 0 bridgehead atoms. The molecule has 0 aliphatic carbocycles. The molecule has 1 rings (SSSR count). The van der Waals surface area contributed by atoms with Crippen molar-refractivity contribution < 1.29 is 13.2 Å². The Morgan fingerprint density at radius 3 is 2.50 bits per heavy atom. The van der Waals surface area contributed by atoms with E-state index in [0.717, 1.165) is 16.5 Å². The van der Waals surface area contributed by atoms with Crippen LogP contribution < -0.4 is 5.32 Å². The van der Waals surface area contributed by atoms with E-state index in [2.05, 4.69) is 21.2 Å². The van der Waals surface area contributed by atoms with Crippen LogP contribution in [-0.2, 0) is 0 Å². The van der Waals surface area contributed by atoms with Crippen molar-refractivity contribution in [3.05, 3.63) is 34.3 Å². The SMILES string of the molecule is CCCNC(CCC(F)(F)F)c1ccccc1Br. The lowest BCUT2D eigenvalue weighted by Crippen LogP contribution is -2.24. The van der Waals surface area contributed by atoms with Gasteiger partial charge in [0.2, 0.25) is 0 Å². The molecule has 0 radical (unpaired) electrons. The molecule has 0 amide bonds. The first-order valence-electron chi connectivity index (χ1n) is 5.98. The Bertz CT molecular complexity index is 365. The molecule has 5 heteroatoms. The average molecular weight is 324 g/mol. The van der Waals surface area contributed by atoms with Crippen molar-refractivity contribution in [1.29, 1.82) is 0 Å². The lowest BCUT2D eigenvalue weighted by atomic mass is 10.0. The number of hydrogen-bond acceptors (Lipinski definition) is 1. The predicted molar refractivity (Wildman–Crippen MR) is 70.5 cm³/mol. The highest BCUT2D eigenvalue weighted by molar-refractivity contribution is 9.10. The first-order chi connectivity index (χ1) is 8.44. The summed E-state index contributed by atoms with van der Waals surface area (Å²) in [6.07, 6.45) is -3.91. The number of nitrogens with one attached hydrogen (secondary N) is 1. The Morgan fingerprint density at radius 2 is 1.94 bits per heavy atom. The van der Waals surface area contributed by atoms with Crippen molar-refractivity contribution in [2.75, 3.05) is 6.54 Å². The summed E-state index contributed by atoms with van der Waals surface area (Å²) in [7, 11) is 0. The van der Waals surface area contributed by atoms with Gasteiger partial charge in [-0.05, 0) is 31.0 Å². The molecule has 0 fully saturated rings. The molecule has 0 saturated carbocycles. The summed E-state index contributed by atoms with van der Waals surface area (Å²) in [6.45, 7) is 2.71. The molecule has 0 aliphatic heterocycles. The molecule has 102 valence electrons. The summed E-state index contributed by atoms with van der Waals surface area (Å²) >= 11 is 3.39. The van der Waals surface area contributed by atoms with Crippen molar-refractivity contribution in [2.24, 2.45) is 0 Å². The fourth-order valence-corrected chi connectivity index (χ4v) is 2.31. The van der Waals surface area contributed by atoms with Gasteiger partial charge in [0.1, 0.15) is 0 Å². The summed E-state index contributed by atoms with van der Waals surface area (Å²) in [5, 5.41) is 3.17. The summed E-state index contributed by atoms with van der Waals surface area (Å²) < 4.78 is 37.8. The van der Waals surface area contributed by atoms with Gasteiger partial charge in [-0.15, -0.1) is 0 Å². The summed E-state index contributed by atoms with van der Waals surface area (Å²) in [5.41, 5.74) is 0.884. The molecule has 0 spiro atoms. The number of halogens is 4. The molecule has 1 aromatic rings. The minimum absolute atomic E-state index is 0.0616. The smallest absolute Gasteiger partial charge is 0.310 e. The fourth-order valence-electron chi connectivity index (χ4n) is 1.75. The monoisotopic (exact) mass is 323 g/mol. The number of rotatable bonds is 6. The summed E-state index contributed by atoms with van der Waals surface area (Å²) in [6, 6.07) is 7.14. The largest absolute Gasteiger partial charge is 0.389 e. The van der Waals surface area contributed by atoms with Gasteiger partial charge in [0.25, 0.3) is 0 Å². The molecule has 18 heavy (non-hydrogen) atoms. The van der Waals surface area contributed by atoms with E-state index in [9.17, 15) is 13.2 Å². The van der Waals surface area contributed by atoms with E-state index in [1.807, 2.05) is 31.2 Å². The van der Waals surface area contributed by atoms with Crippen LogP contribution in [0.25, 0.3) is 0 Å². The number of hydrogen-bond donors (Lipinski definition) is 1. The molecule has 1 unspecified atom stereocenters. The molecule has 0 aliphatic rings. The molecule has 0 heterocycles. The highest BCUT2D eigenvalue weighted by Crippen LogP contribution is 2.30. The second kappa shape index (κ2) is 7.14. The van der Waals surface area contributed by atoms with Crippen LogP contribution in [-0.4, -0.2) is 12.7 Å². The highest BCUT2D eigenvalue weighted by Gasteiger charge is 2.28. The van der Waals surface area contributed by atoms with Crippen LogP contribution in [0, 0.1) is 0 Å². The van der Waals surface area contributed by atoms with Crippen LogP contribution in [0.1, 0.15) is 37.8 Å². The average Bonchev–Trinajstić information content (AvgIpc) is 2.29. The quantitative estimate of drug-likeness (QED) is 0.790. The van der Waals surface area contributed by atoms with E-state index in [0.29, 0.717) is 6.54 Å². The van der Waals surface area contributed by atoms with E-state index >= 15 is 0 Å². The minimum atomic E-state index is -4.10. The van der Waals surface area contributed by atoms with E-state index in [-0.39, 0.29) is 12.5 Å². The first-order valence-corrected chi connectivity index (χ1v) is 6.78. The standard InChI is InChI=1S/C13H17BrF3N/c1-2-9-18-12(7-8-13(15,16)17)10-5-3-4-6-11(10)14/h3-6,12,18H,2,7-9H2,1H3. The minimum Gasteiger partial charge on any atom is -0.310 e. The van der Waals surface area contributed by atoms with Gasteiger partial charge in [0, 0.05) is 16.9 Å². The van der Waals surface area contributed by atoms with Gasteiger partial charge < -0.3 is 5.32 Å². The molecule has 0 aromatic heterocycles.